The van der Waals surface area contributed by atoms with Crippen molar-refractivity contribution in [2.24, 2.45) is 0 Å². The van der Waals surface area contributed by atoms with E-state index in [0.717, 1.165) is 30.5 Å². The molecule has 2 N–H and O–H groups in total. The zero-order valence-corrected chi connectivity index (χ0v) is 13.0. The van der Waals surface area contributed by atoms with Crippen LogP contribution in [0.25, 0.3) is 0 Å². The molecule has 4 heteroatoms. The highest BCUT2D eigenvalue weighted by Crippen LogP contribution is 2.09. The second kappa shape index (κ2) is 7.07. The van der Waals surface area contributed by atoms with Crippen LogP contribution in [0.1, 0.15) is 42.1 Å². The molecule has 0 aliphatic carbocycles. The summed E-state index contributed by atoms with van der Waals surface area (Å²) in [7, 11) is 0. The number of anilines is 1. The summed E-state index contributed by atoms with van der Waals surface area (Å²) in [5.74, 6) is 0.541. The molecular weight excluding hydrogens is 262 g/mol. The van der Waals surface area contributed by atoms with Crippen molar-refractivity contribution in [3.05, 3.63) is 57.0 Å². The van der Waals surface area contributed by atoms with E-state index in [1.54, 1.807) is 0 Å². The molecule has 0 radical (unpaired) electrons. The SMILES string of the molecule is CCCCc1c(C)nc(NCc2cccc(C)c2)[nH]c1=O. The van der Waals surface area contributed by atoms with Crippen LogP contribution in [0, 0.1) is 13.8 Å². The summed E-state index contributed by atoms with van der Waals surface area (Å²) in [5.41, 5.74) is 3.99. The Morgan fingerprint density at radius 3 is 2.76 bits per heavy atom. The maximum atomic E-state index is 12.1. The Morgan fingerprint density at radius 1 is 1.29 bits per heavy atom. The predicted octanol–water partition coefficient (Wildman–Crippen LogP) is 3.34. The number of aromatic nitrogens is 2. The second-order valence-corrected chi connectivity index (χ2v) is 5.42. The highest BCUT2D eigenvalue weighted by atomic mass is 16.1. The van der Waals surface area contributed by atoms with Gasteiger partial charge in [-0.25, -0.2) is 4.98 Å². The van der Waals surface area contributed by atoms with Gasteiger partial charge in [-0.15, -0.1) is 0 Å². The summed E-state index contributed by atoms with van der Waals surface area (Å²) in [6.07, 6.45) is 2.89. The molecule has 1 aromatic heterocycles. The fourth-order valence-corrected chi connectivity index (χ4v) is 2.35. The van der Waals surface area contributed by atoms with Gasteiger partial charge in [-0.1, -0.05) is 43.2 Å². The number of rotatable bonds is 6. The summed E-state index contributed by atoms with van der Waals surface area (Å²) < 4.78 is 0. The normalized spacial score (nSPS) is 10.6. The third-order valence-corrected chi connectivity index (χ3v) is 3.55. The lowest BCUT2D eigenvalue weighted by Gasteiger charge is -2.09. The number of nitrogens with one attached hydrogen (secondary N) is 2. The van der Waals surface area contributed by atoms with E-state index < -0.39 is 0 Å². The number of H-pyrrole nitrogens is 1. The van der Waals surface area contributed by atoms with E-state index in [1.165, 1.54) is 11.1 Å². The van der Waals surface area contributed by atoms with Gasteiger partial charge in [-0.2, -0.15) is 0 Å². The molecule has 1 heterocycles. The van der Waals surface area contributed by atoms with Gasteiger partial charge >= 0.3 is 0 Å². The quantitative estimate of drug-likeness (QED) is 0.855. The van der Waals surface area contributed by atoms with Gasteiger partial charge in [-0.05, 0) is 32.3 Å². The van der Waals surface area contributed by atoms with Crippen LogP contribution in [0.2, 0.25) is 0 Å². The third kappa shape index (κ3) is 4.18. The molecule has 0 fully saturated rings. The van der Waals surface area contributed by atoms with Gasteiger partial charge in [0.25, 0.3) is 5.56 Å². The van der Waals surface area contributed by atoms with E-state index in [0.29, 0.717) is 12.5 Å². The lowest BCUT2D eigenvalue weighted by atomic mass is 10.1. The first-order valence-electron chi connectivity index (χ1n) is 7.49. The van der Waals surface area contributed by atoms with Crippen LogP contribution in [0.15, 0.2) is 29.1 Å². The minimum absolute atomic E-state index is 0.0253. The minimum Gasteiger partial charge on any atom is -0.352 e. The van der Waals surface area contributed by atoms with Crippen LogP contribution in [0.3, 0.4) is 0 Å². The summed E-state index contributed by atoms with van der Waals surface area (Å²) >= 11 is 0. The average Bonchev–Trinajstić information content (AvgIpc) is 2.44. The van der Waals surface area contributed by atoms with E-state index in [1.807, 2.05) is 13.0 Å². The van der Waals surface area contributed by atoms with Crippen LogP contribution >= 0.6 is 0 Å². The Kier molecular flexibility index (Phi) is 5.14. The van der Waals surface area contributed by atoms with Gasteiger partial charge in [0.1, 0.15) is 0 Å². The largest absolute Gasteiger partial charge is 0.352 e. The molecule has 0 atom stereocenters. The van der Waals surface area contributed by atoms with Gasteiger partial charge in [0.2, 0.25) is 5.95 Å². The molecule has 2 rings (SSSR count). The Labute approximate surface area is 125 Å². The zero-order valence-electron chi connectivity index (χ0n) is 13.0. The molecule has 0 spiro atoms. The Morgan fingerprint density at radius 2 is 2.10 bits per heavy atom. The van der Waals surface area contributed by atoms with E-state index in [2.05, 4.69) is 47.3 Å². The number of unbranched alkanes of at least 4 members (excludes halogenated alkanes) is 1. The smallest absolute Gasteiger partial charge is 0.255 e. The predicted molar refractivity (Wildman–Crippen MR) is 86.7 cm³/mol. The Balaban J connectivity index is 2.09. The molecule has 0 bridgehead atoms. The van der Waals surface area contributed by atoms with Crippen LogP contribution in [0.4, 0.5) is 5.95 Å². The van der Waals surface area contributed by atoms with Crippen LogP contribution in [-0.2, 0) is 13.0 Å². The number of aromatic amines is 1. The molecule has 21 heavy (non-hydrogen) atoms. The molecule has 4 nitrogen and oxygen atoms in total. The van der Waals surface area contributed by atoms with Crippen LogP contribution < -0.4 is 10.9 Å². The van der Waals surface area contributed by atoms with E-state index >= 15 is 0 Å². The number of aryl methyl sites for hydroxylation is 2. The monoisotopic (exact) mass is 285 g/mol. The number of hydrogen-bond acceptors (Lipinski definition) is 3. The summed E-state index contributed by atoms with van der Waals surface area (Å²) in [4.78, 5) is 19.4. The maximum Gasteiger partial charge on any atom is 0.255 e. The lowest BCUT2D eigenvalue weighted by Crippen LogP contribution is -2.19. The van der Waals surface area contributed by atoms with E-state index in [-0.39, 0.29) is 5.56 Å². The Hall–Kier alpha value is -2.10. The van der Waals surface area contributed by atoms with Crippen molar-refractivity contribution in [1.29, 1.82) is 0 Å². The molecule has 0 aliphatic rings. The molecule has 0 saturated carbocycles. The van der Waals surface area contributed by atoms with Gasteiger partial charge in [-0.3, -0.25) is 9.78 Å². The van der Waals surface area contributed by atoms with E-state index in [9.17, 15) is 4.79 Å². The van der Waals surface area contributed by atoms with Crippen molar-refractivity contribution in [3.8, 4) is 0 Å². The fraction of sp³-hybridized carbons (Fsp3) is 0.412. The summed E-state index contributed by atoms with van der Waals surface area (Å²) in [6, 6.07) is 8.27. The molecule has 1 aromatic carbocycles. The molecule has 2 aromatic rings. The van der Waals surface area contributed by atoms with Crippen LogP contribution in [0.5, 0.6) is 0 Å². The Bertz CT molecular complexity index is 661. The maximum absolute atomic E-state index is 12.1. The van der Waals surface area contributed by atoms with Crippen molar-refractivity contribution >= 4 is 5.95 Å². The molecule has 0 aliphatic heterocycles. The zero-order chi connectivity index (χ0) is 15.2. The highest BCUT2D eigenvalue weighted by molar-refractivity contribution is 5.32. The van der Waals surface area contributed by atoms with Gasteiger partial charge in [0.05, 0.1) is 0 Å². The van der Waals surface area contributed by atoms with Crippen molar-refractivity contribution in [3.63, 3.8) is 0 Å². The molecular formula is C17H23N3O. The molecule has 112 valence electrons. The second-order valence-electron chi connectivity index (χ2n) is 5.42. The topological polar surface area (TPSA) is 57.8 Å². The number of benzene rings is 1. The van der Waals surface area contributed by atoms with E-state index in [4.69, 9.17) is 0 Å². The van der Waals surface area contributed by atoms with Gasteiger partial charge in [0.15, 0.2) is 0 Å². The summed E-state index contributed by atoms with van der Waals surface area (Å²) in [6.45, 7) is 6.74. The minimum atomic E-state index is -0.0253. The standard InChI is InChI=1S/C17H23N3O/c1-4-5-9-15-13(3)19-17(20-16(15)21)18-11-14-8-6-7-12(2)10-14/h6-8,10H,4-5,9,11H2,1-3H3,(H2,18,19,20,21). The van der Waals surface area contributed by atoms with Crippen LogP contribution in [-0.4, -0.2) is 9.97 Å². The van der Waals surface area contributed by atoms with Gasteiger partial charge in [0, 0.05) is 17.8 Å². The molecule has 0 amide bonds. The van der Waals surface area contributed by atoms with Crippen molar-refractivity contribution in [1.82, 2.24) is 9.97 Å². The number of hydrogen-bond donors (Lipinski definition) is 2. The fourth-order valence-electron chi connectivity index (χ4n) is 2.35. The summed E-state index contributed by atoms with van der Waals surface area (Å²) in [5, 5.41) is 3.19. The number of nitrogens with zero attached hydrogens (tertiary/aromatic N) is 1. The first-order valence-corrected chi connectivity index (χ1v) is 7.49. The first-order chi connectivity index (χ1) is 10.1. The average molecular weight is 285 g/mol. The van der Waals surface area contributed by atoms with Crippen molar-refractivity contribution in [2.45, 2.75) is 46.6 Å². The highest BCUT2D eigenvalue weighted by Gasteiger charge is 2.07. The molecule has 0 unspecified atom stereocenters. The van der Waals surface area contributed by atoms with Crippen molar-refractivity contribution in [2.75, 3.05) is 5.32 Å². The first kappa shape index (κ1) is 15.3. The lowest BCUT2D eigenvalue weighted by molar-refractivity contribution is 0.773. The van der Waals surface area contributed by atoms with Gasteiger partial charge < -0.3 is 5.32 Å². The van der Waals surface area contributed by atoms with Crippen molar-refractivity contribution < 1.29 is 0 Å². The third-order valence-electron chi connectivity index (χ3n) is 3.55. The molecule has 0 saturated heterocycles.